The molecule has 0 spiro atoms. The summed E-state index contributed by atoms with van der Waals surface area (Å²) in [7, 11) is 0. The maximum atomic E-state index is 13.1. The maximum absolute atomic E-state index is 13.1. The number of carbonyl (C=O) groups is 4. The Balaban J connectivity index is 0.000000221. The van der Waals surface area contributed by atoms with Gasteiger partial charge in [0.25, 0.3) is 0 Å². The molecule has 300 valence electrons. The van der Waals surface area contributed by atoms with Crippen molar-refractivity contribution in [2.75, 3.05) is 25.5 Å². The molecule has 0 atom stereocenters. The van der Waals surface area contributed by atoms with Crippen molar-refractivity contribution < 1.29 is 28.7 Å². The fourth-order valence-corrected chi connectivity index (χ4v) is 19.4. The molecule has 0 radical (unpaired) electrons. The van der Waals surface area contributed by atoms with Crippen molar-refractivity contribution in [1.29, 1.82) is 0 Å². The molecule has 0 fully saturated rings. The fourth-order valence-electron chi connectivity index (χ4n) is 7.40. The van der Waals surface area contributed by atoms with Crippen LogP contribution in [0.1, 0.15) is 26.7 Å². The van der Waals surface area contributed by atoms with Crippen LogP contribution in [0.5, 0.6) is 0 Å². The molecule has 0 aliphatic rings. The molecule has 6 aromatic rings. The van der Waals surface area contributed by atoms with E-state index in [9.17, 15) is 19.2 Å². The number of benzene rings is 6. The van der Waals surface area contributed by atoms with Crippen LogP contribution in [0.25, 0.3) is 0 Å². The Morgan fingerprint density at radius 1 is 0.379 bits per heavy atom. The molecule has 0 saturated heterocycles. The van der Waals surface area contributed by atoms with Gasteiger partial charge in [-0.3, -0.25) is 0 Å². The van der Waals surface area contributed by atoms with Crippen molar-refractivity contribution in [3.63, 3.8) is 0 Å². The van der Waals surface area contributed by atoms with Crippen molar-refractivity contribution in [2.24, 2.45) is 0 Å². The number of Topliss-reactive ketones (excluding diaryl/α,β-unsaturated/α-hetero) is 2. The number of hydrogen-bond donors (Lipinski definition) is 0. The number of hydrogen-bond acceptors (Lipinski definition) is 6. The number of rotatable bonds is 16. The molecular weight excluding hydrogens is 805 g/mol. The first kappa shape index (κ1) is 44.1. The molecule has 0 heterocycles. The van der Waals surface area contributed by atoms with Crippen LogP contribution in [0, 0.1) is 0 Å². The first-order valence-electron chi connectivity index (χ1n) is 19.1. The van der Waals surface area contributed by atoms with E-state index in [0.29, 0.717) is 0 Å². The average molecular weight is 854 g/mol. The fraction of sp³-hybridized carbons (Fsp3) is 0.167. The summed E-state index contributed by atoms with van der Waals surface area (Å²) in [6.07, 6.45) is -0.482. The van der Waals surface area contributed by atoms with E-state index in [0.717, 1.165) is 31.8 Å². The molecule has 58 heavy (non-hydrogen) atoms. The number of carbonyl (C=O) groups excluding carboxylic acids is 4. The summed E-state index contributed by atoms with van der Waals surface area (Å²) in [5.41, 5.74) is 0. The van der Waals surface area contributed by atoms with Gasteiger partial charge in [0.15, 0.2) is 0 Å². The van der Waals surface area contributed by atoms with Gasteiger partial charge in [0.1, 0.15) is 0 Å². The topological polar surface area (TPSA) is 86.7 Å². The monoisotopic (exact) mass is 852 g/mol. The third-order valence-electron chi connectivity index (χ3n) is 10.0. The summed E-state index contributed by atoms with van der Waals surface area (Å²) in [5, 5.41) is 5.39. The Hall–Kier alpha value is -4.96. The zero-order valence-electron chi connectivity index (χ0n) is 32.7. The predicted molar refractivity (Wildman–Crippen MR) is 244 cm³/mol. The minimum atomic E-state index is -3.68. The standard InChI is InChI=1S/2C24H24ClO3P/c2*1-2-28-24(27)18-20(26)19-29(25,21-12-6-3-7-13-21,22-14-8-4-9-15-22)23-16-10-5-11-17-23/h2*3-17H,2,18-19H2,1H3. The third-order valence-corrected chi connectivity index (χ3v) is 24.4. The van der Waals surface area contributed by atoms with Gasteiger partial charge < -0.3 is 0 Å². The first-order chi connectivity index (χ1) is 28.0. The summed E-state index contributed by atoms with van der Waals surface area (Å²) in [4.78, 5) is 50.2. The van der Waals surface area contributed by atoms with E-state index in [1.807, 2.05) is 182 Å². The predicted octanol–water partition coefficient (Wildman–Crippen LogP) is 8.38. The average Bonchev–Trinajstić information content (AvgIpc) is 3.26. The van der Waals surface area contributed by atoms with E-state index in [2.05, 4.69) is 0 Å². The minimum absolute atomic E-state index is 0.0456. The zero-order valence-corrected chi connectivity index (χ0v) is 36.0. The quantitative estimate of drug-likeness (QED) is 0.0553. The van der Waals surface area contributed by atoms with Gasteiger partial charge in [-0.1, -0.05) is 0 Å². The van der Waals surface area contributed by atoms with Gasteiger partial charge in [0, 0.05) is 0 Å². The van der Waals surface area contributed by atoms with Crippen LogP contribution in [-0.4, -0.2) is 49.0 Å². The Kier molecular flexibility index (Phi) is 15.0. The van der Waals surface area contributed by atoms with Crippen LogP contribution in [0.4, 0.5) is 0 Å². The molecule has 6 rings (SSSR count). The van der Waals surface area contributed by atoms with Gasteiger partial charge in [-0.15, -0.1) is 0 Å². The van der Waals surface area contributed by atoms with E-state index < -0.39 is 23.9 Å². The summed E-state index contributed by atoms with van der Waals surface area (Å²) in [6.45, 7) is 3.93. The summed E-state index contributed by atoms with van der Waals surface area (Å²) in [6, 6.07) is 58.4. The van der Waals surface area contributed by atoms with Crippen molar-refractivity contribution in [3.8, 4) is 0 Å². The van der Waals surface area contributed by atoms with E-state index in [4.69, 9.17) is 32.0 Å². The molecule has 6 nitrogen and oxygen atoms in total. The zero-order chi connectivity index (χ0) is 41.5. The van der Waals surface area contributed by atoms with Crippen molar-refractivity contribution in [1.82, 2.24) is 0 Å². The molecule has 0 bridgehead atoms. The summed E-state index contributed by atoms with van der Waals surface area (Å²) >= 11 is 15.6. The van der Waals surface area contributed by atoms with E-state index in [-0.39, 0.29) is 49.9 Å². The molecule has 0 N–H and O–H groups in total. The van der Waals surface area contributed by atoms with Crippen LogP contribution < -0.4 is 31.8 Å². The number of ether oxygens (including phenoxy) is 2. The van der Waals surface area contributed by atoms with Gasteiger partial charge in [0.2, 0.25) is 0 Å². The summed E-state index contributed by atoms with van der Waals surface area (Å²) in [5.74, 6) is -8.85. The van der Waals surface area contributed by atoms with Crippen LogP contribution in [0.3, 0.4) is 0 Å². The van der Waals surface area contributed by atoms with Crippen molar-refractivity contribution >= 4 is 89.7 Å². The first-order valence-corrected chi connectivity index (χ1v) is 25.8. The number of halogens is 2. The molecule has 0 unspecified atom stereocenters. The van der Waals surface area contributed by atoms with Crippen molar-refractivity contribution in [3.05, 3.63) is 182 Å². The third kappa shape index (κ3) is 9.33. The Morgan fingerprint density at radius 2 is 0.569 bits per heavy atom. The van der Waals surface area contributed by atoms with Gasteiger partial charge >= 0.3 is 353 Å². The van der Waals surface area contributed by atoms with Crippen molar-refractivity contribution in [2.45, 2.75) is 26.7 Å². The molecule has 0 aliphatic heterocycles. The Labute approximate surface area is 351 Å². The van der Waals surface area contributed by atoms with Crippen LogP contribution in [0.2, 0.25) is 0 Å². The van der Waals surface area contributed by atoms with Crippen LogP contribution >= 0.6 is 34.4 Å². The van der Waals surface area contributed by atoms with Crippen LogP contribution in [-0.2, 0) is 28.7 Å². The SMILES string of the molecule is CCOC(=O)CC(=O)CP(Cl)(c1ccccc1)(c1ccccc1)c1ccccc1.CCOC(=O)CC(=O)CP(Cl)(c1ccccc1)(c1ccccc1)c1ccccc1. The second-order valence-electron chi connectivity index (χ2n) is 13.7. The van der Waals surface area contributed by atoms with Gasteiger partial charge in [-0.05, 0) is 0 Å². The second kappa shape index (κ2) is 19.7. The van der Waals surface area contributed by atoms with Gasteiger partial charge in [-0.2, -0.15) is 0 Å². The molecule has 0 amide bonds. The molecule has 0 saturated carbocycles. The molecule has 0 aliphatic carbocycles. The summed E-state index contributed by atoms with van der Waals surface area (Å²) < 4.78 is 9.98. The molecule has 10 heteroatoms. The second-order valence-corrected chi connectivity index (χ2v) is 26.7. The normalized spacial score (nSPS) is 12.6. The number of esters is 2. The molecular formula is C48H48Cl2O6P2. The van der Waals surface area contributed by atoms with Gasteiger partial charge in [0.05, 0.1) is 0 Å². The Bertz CT molecular complexity index is 1920. The Morgan fingerprint density at radius 3 is 0.741 bits per heavy atom. The van der Waals surface area contributed by atoms with Crippen LogP contribution in [0.15, 0.2) is 182 Å². The molecule has 6 aromatic carbocycles. The van der Waals surface area contributed by atoms with E-state index in [1.165, 1.54) is 0 Å². The number of ketones is 2. The molecule has 0 aromatic heterocycles. The van der Waals surface area contributed by atoms with E-state index in [1.54, 1.807) is 13.8 Å². The van der Waals surface area contributed by atoms with E-state index >= 15 is 0 Å². The van der Waals surface area contributed by atoms with Gasteiger partial charge in [-0.25, -0.2) is 0 Å².